The number of aliphatic hydroxyl groups is 1. The first kappa shape index (κ1) is 24.2. The van der Waals surface area contributed by atoms with Gasteiger partial charge in [0.2, 0.25) is 5.91 Å². The number of amides is 2. The Hall–Kier alpha value is -1.90. The molecule has 9 heteroatoms. The first-order valence-corrected chi connectivity index (χ1v) is 12.2. The summed E-state index contributed by atoms with van der Waals surface area (Å²) in [6.45, 7) is 2.73. The SMILES string of the molecule is CCC1CCNC(C(=O)NC23CCC(NC(=O)COc4ccc(Cl)c(F)c4)(CC2)C(O)C3)C1. The van der Waals surface area contributed by atoms with Gasteiger partial charge in [-0.3, -0.25) is 9.59 Å². The molecular weight excluding hydrogens is 449 g/mol. The van der Waals surface area contributed by atoms with E-state index in [2.05, 4.69) is 22.9 Å². The molecule has 4 aliphatic rings. The Labute approximate surface area is 198 Å². The molecule has 7 nitrogen and oxygen atoms in total. The van der Waals surface area contributed by atoms with Gasteiger partial charge in [0.15, 0.2) is 6.61 Å². The van der Waals surface area contributed by atoms with Crippen molar-refractivity contribution in [3.8, 4) is 5.75 Å². The number of aliphatic hydroxyl groups excluding tert-OH is 1. The number of nitrogens with one attached hydrogen (secondary N) is 3. The van der Waals surface area contributed by atoms with Gasteiger partial charge in [0.05, 0.1) is 22.7 Å². The molecule has 0 radical (unpaired) electrons. The predicted molar refractivity (Wildman–Crippen MR) is 123 cm³/mol. The van der Waals surface area contributed by atoms with Crippen molar-refractivity contribution >= 4 is 23.4 Å². The fraction of sp³-hybridized carbons (Fsp3) is 0.667. The number of hydrogen-bond acceptors (Lipinski definition) is 5. The highest BCUT2D eigenvalue weighted by atomic mass is 35.5. The zero-order chi connectivity index (χ0) is 23.6. The lowest BCUT2D eigenvalue weighted by Gasteiger charge is -2.56. The third kappa shape index (κ3) is 5.28. The molecule has 1 saturated heterocycles. The number of carbonyl (C=O) groups excluding carboxylic acids is 2. The Morgan fingerprint density at radius 1 is 1.27 bits per heavy atom. The Morgan fingerprint density at radius 3 is 2.70 bits per heavy atom. The third-order valence-electron chi connectivity index (χ3n) is 7.77. The van der Waals surface area contributed by atoms with E-state index in [9.17, 15) is 19.1 Å². The Kier molecular flexibility index (Phi) is 7.17. The average Bonchev–Trinajstić information content (AvgIpc) is 2.81. The molecule has 33 heavy (non-hydrogen) atoms. The maximum atomic E-state index is 13.6. The molecule has 1 aromatic carbocycles. The van der Waals surface area contributed by atoms with E-state index >= 15 is 0 Å². The molecule has 0 aromatic heterocycles. The second-order valence-electron chi connectivity index (χ2n) is 9.86. The molecule has 3 saturated carbocycles. The number of hydrogen-bond donors (Lipinski definition) is 4. The summed E-state index contributed by atoms with van der Waals surface area (Å²) in [7, 11) is 0. The molecule has 1 aliphatic heterocycles. The molecular formula is C24H33ClFN3O4. The van der Waals surface area contributed by atoms with Crippen LogP contribution >= 0.6 is 11.6 Å². The summed E-state index contributed by atoms with van der Waals surface area (Å²) in [5, 5.41) is 20.4. The van der Waals surface area contributed by atoms with Crippen LogP contribution in [0, 0.1) is 11.7 Å². The van der Waals surface area contributed by atoms with Crippen LogP contribution in [0.15, 0.2) is 18.2 Å². The van der Waals surface area contributed by atoms with Crippen LogP contribution in [0.4, 0.5) is 4.39 Å². The second kappa shape index (κ2) is 9.76. The van der Waals surface area contributed by atoms with E-state index in [1.807, 2.05) is 0 Å². The van der Waals surface area contributed by atoms with E-state index in [1.165, 1.54) is 12.1 Å². The van der Waals surface area contributed by atoms with Crippen LogP contribution in [-0.4, -0.2) is 53.3 Å². The number of rotatable bonds is 7. The maximum Gasteiger partial charge on any atom is 0.258 e. The topological polar surface area (TPSA) is 99.7 Å². The Bertz CT molecular complexity index is 890. The minimum Gasteiger partial charge on any atom is -0.484 e. The Balaban J connectivity index is 1.30. The first-order valence-electron chi connectivity index (χ1n) is 11.9. The van der Waals surface area contributed by atoms with Gasteiger partial charge in [-0.25, -0.2) is 4.39 Å². The summed E-state index contributed by atoms with van der Waals surface area (Å²) < 4.78 is 18.9. The van der Waals surface area contributed by atoms with Crippen LogP contribution in [0.1, 0.15) is 58.3 Å². The van der Waals surface area contributed by atoms with Gasteiger partial charge in [-0.2, -0.15) is 0 Å². The van der Waals surface area contributed by atoms with Gasteiger partial charge < -0.3 is 25.8 Å². The van der Waals surface area contributed by atoms with Crippen molar-refractivity contribution in [3.63, 3.8) is 0 Å². The summed E-state index contributed by atoms with van der Waals surface area (Å²) in [4.78, 5) is 25.5. The third-order valence-corrected chi connectivity index (χ3v) is 8.07. The summed E-state index contributed by atoms with van der Waals surface area (Å²) in [5.41, 5.74) is -1.16. The molecule has 4 N–H and O–H groups in total. The zero-order valence-corrected chi connectivity index (χ0v) is 19.7. The number of ether oxygens (including phenoxy) is 1. The Morgan fingerprint density at radius 2 is 2.03 bits per heavy atom. The van der Waals surface area contributed by atoms with Gasteiger partial charge in [-0.1, -0.05) is 24.9 Å². The highest BCUT2D eigenvalue weighted by molar-refractivity contribution is 6.30. The summed E-state index contributed by atoms with van der Waals surface area (Å²) in [6, 6.07) is 3.81. The molecule has 3 unspecified atom stereocenters. The smallest absolute Gasteiger partial charge is 0.258 e. The highest BCUT2D eigenvalue weighted by Crippen LogP contribution is 2.47. The van der Waals surface area contributed by atoms with Gasteiger partial charge in [0.25, 0.3) is 5.91 Å². The van der Waals surface area contributed by atoms with Gasteiger partial charge in [0.1, 0.15) is 11.6 Å². The molecule has 2 bridgehead atoms. The lowest BCUT2D eigenvalue weighted by atomic mass is 9.59. The van der Waals surface area contributed by atoms with Crippen LogP contribution in [-0.2, 0) is 9.59 Å². The molecule has 1 aromatic rings. The molecule has 5 rings (SSSR count). The first-order chi connectivity index (χ1) is 15.7. The van der Waals surface area contributed by atoms with E-state index in [1.54, 1.807) is 0 Å². The second-order valence-corrected chi connectivity index (χ2v) is 10.3. The van der Waals surface area contributed by atoms with Crippen LogP contribution in [0.2, 0.25) is 5.02 Å². The van der Waals surface area contributed by atoms with Gasteiger partial charge >= 0.3 is 0 Å². The van der Waals surface area contributed by atoms with Crippen LogP contribution in [0.25, 0.3) is 0 Å². The summed E-state index contributed by atoms with van der Waals surface area (Å²) in [6.07, 6.45) is 5.21. The lowest BCUT2D eigenvalue weighted by Crippen LogP contribution is -2.71. The van der Waals surface area contributed by atoms with Crippen molar-refractivity contribution in [1.29, 1.82) is 0 Å². The molecule has 0 spiro atoms. The van der Waals surface area contributed by atoms with Gasteiger partial charge in [-0.05, 0) is 69.5 Å². The highest BCUT2D eigenvalue weighted by Gasteiger charge is 2.55. The van der Waals surface area contributed by atoms with Crippen LogP contribution < -0.4 is 20.7 Å². The molecule has 4 fully saturated rings. The van der Waals surface area contributed by atoms with Crippen LogP contribution in [0.3, 0.4) is 0 Å². The van der Waals surface area contributed by atoms with Crippen LogP contribution in [0.5, 0.6) is 5.75 Å². The number of carbonyl (C=O) groups is 2. The molecule has 3 atom stereocenters. The predicted octanol–water partition coefficient (Wildman–Crippen LogP) is 2.68. The van der Waals surface area contributed by atoms with E-state index < -0.39 is 23.0 Å². The quantitative estimate of drug-likeness (QED) is 0.480. The number of benzene rings is 1. The van der Waals surface area contributed by atoms with Gasteiger partial charge in [-0.15, -0.1) is 0 Å². The molecule has 182 valence electrons. The maximum absolute atomic E-state index is 13.6. The fourth-order valence-corrected chi connectivity index (χ4v) is 5.72. The lowest BCUT2D eigenvalue weighted by molar-refractivity contribution is -0.137. The van der Waals surface area contributed by atoms with E-state index in [4.69, 9.17) is 16.3 Å². The zero-order valence-electron chi connectivity index (χ0n) is 19.0. The van der Waals surface area contributed by atoms with E-state index in [-0.39, 0.29) is 35.2 Å². The van der Waals surface area contributed by atoms with Crippen molar-refractivity contribution < 1.29 is 23.8 Å². The van der Waals surface area contributed by atoms with E-state index in [0.29, 0.717) is 38.0 Å². The number of piperidine rings is 1. The molecule has 2 amide bonds. The normalized spacial score (nSPS) is 33.4. The largest absolute Gasteiger partial charge is 0.484 e. The fourth-order valence-electron chi connectivity index (χ4n) is 5.61. The standard InChI is InChI=1S/C24H33ClFN3O4/c1-2-15-5-10-27-19(11-15)22(32)29-23-6-8-24(9-7-23,20(30)13-23)28-21(31)14-33-16-3-4-17(25)18(26)12-16/h3-4,12,15,19-20,27,30H,2,5-11,13-14H2,1H3,(H,28,31)(H,29,32). The minimum atomic E-state index is -0.764. The molecule has 1 heterocycles. The minimum absolute atomic E-state index is 0.0155. The van der Waals surface area contributed by atoms with Crippen molar-refractivity contribution in [3.05, 3.63) is 29.0 Å². The number of fused-ring (bicyclic) bond motifs is 3. The average molecular weight is 482 g/mol. The number of halogens is 2. The summed E-state index contributed by atoms with van der Waals surface area (Å²) in [5.74, 6) is -0.199. The van der Waals surface area contributed by atoms with Crippen molar-refractivity contribution in [2.75, 3.05) is 13.2 Å². The van der Waals surface area contributed by atoms with Crippen molar-refractivity contribution in [2.45, 2.75) is 81.5 Å². The van der Waals surface area contributed by atoms with E-state index in [0.717, 1.165) is 31.9 Å². The van der Waals surface area contributed by atoms with Gasteiger partial charge in [0, 0.05) is 11.6 Å². The van der Waals surface area contributed by atoms with Crippen molar-refractivity contribution in [2.24, 2.45) is 5.92 Å². The molecule has 3 aliphatic carbocycles. The summed E-state index contributed by atoms with van der Waals surface area (Å²) >= 11 is 5.66. The monoisotopic (exact) mass is 481 g/mol. The van der Waals surface area contributed by atoms with Crippen molar-refractivity contribution in [1.82, 2.24) is 16.0 Å².